The van der Waals surface area contributed by atoms with Crippen LogP contribution in [-0.4, -0.2) is 46.9 Å². The number of rotatable bonds is 6. The summed E-state index contributed by atoms with van der Waals surface area (Å²) in [5.74, 6) is 0.0815. The summed E-state index contributed by atoms with van der Waals surface area (Å²) in [4.78, 5) is 17.1. The minimum atomic E-state index is -0.742. The highest BCUT2D eigenvalue weighted by atomic mass is 35.5. The first-order valence-corrected chi connectivity index (χ1v) is 9.19. The second kappa shape index (κ2) is 11.1. The first-order valence-electron chi connectivity index (χ1n) is 9.19. The molecule has 0 spiro atoms. The molecule has 1 saturated heterocycles. The summed E-state index contributed by atoms with van der Waals surface area (Å²) in [7, 11) is 1.92. The Morgan fingerprint density at radius 1 is 1.31 bits per heavy atom. The highest BCUT2D eigenvalue weighted by Gasteiger charge is 2.36. The standard InChI is InChI=1S/C20H33N3O.2ClH/c1-5-12-20(3,21)19(24)22(4)18-11-13-23(16(2)14-18)15-17-9-7-6-8-10-17;;/h6-10,16,18H,5,11-15,21H2,1-4H3;2*1H. The van der Waals surface area contributed by atoms with E-state index >= 15 is 0 Å². The molecule has 1 aliphatic heterocycles. The van der Waals surface area contributed by atoms with Crippen molar-refractivity contribution in [3.05, 3.63) is 35.9 Å². The predicted octanol–water partition coefficient (Wildman–Crippen LogP) is 3.86. The molecule has 3 unspecified atom stereocenters. The lowest BCUT2D eigenvalue weighted by Crippen LogP contribution is -2.57. The molecule has 6 heteroatoms. The minimum Gasteiger partial charge on any atom is -0.341 e. The van der Waals surface area contributed by atoms with Gasteiger partial charge in [0.2, 0.25) is 5.91 Å². The zero-order valence-corrected chi connectivity index (χ0v) is 18.1. The maximum Gasteiger partial charge on any atom is 0.242 e. The fraction of sp³-hybridized carbons (Fsp3) is 0.650. The Labute approximate surface area is 171 Å². The summed E-state index contributed by atoms with van der Waals surface area (Å²) in [6.45, 7) is 8.21. The first-order chi connectivity index (χ1) is 11.3. The van der Waals surface area contributed by atoms with Crippen molar-refractivity contribution in [3.8, 4) is 0 Å². The minimum absolute atomic E-state index is 0. The highest BCUT2D eigenvalue weighted by molar-refractivity contribution is 5.86. The molecule has 2 N–H and O–H groups in total. The van der Waals surface area contributed by atoms with E-state index in [2.05, 4.69) is 49.1 Å². The van der Waals surface area contributed by atoms with Crippen LogP contribution in [0, 0.1) is 0 Å². The van der Waals surface area contributed by atoms with Crippen molar-refractivity contribution in [1.29, 1.82) is 0 Å². The van der Waals surface area contributed by atoms with Crippen molar-refractivity contribution >= 4 is 30.7 Å². The van der Waals surface area contributed by atoms with Crippen LogP contribution in [0.2, 0.25) is 0 Å². The topological polar surface area (TPSA) is 49.6 Å². The van der Waals surface area contributed by atoms with Gasteiger partial charge in [-0.15, -0.1) is 24.8 Å². The Morgan fingerprint density at radius 2 is 1.92 bits per heavy atom. The molecule has 1 aromatic carbocycles. The molecular formula is C20H35Cl2N3O. The smallest absolute Gasteiger partial charge is 0.242 e. The number of likely N-dealkylation sites (N-methyl/N-ethyl adjacent to an activating group) is 1. The van der Waals surface area contributed by atoms with E-state index in [1.165, 1.54) is 5.56 Å². The number of nitrogens with zero attached hydrogens (tertiary/aromatic N) is 2. The normalized spacial score (nSPS) is 22.5. The molecule has 0 bridgehead atoms. The molecule has 150 valence electrons. The van der Waals surface area contributed by atoms with E-state index in [1.807, 2.05) is 18.9 Å². The Kier molecular flexibility index (Phi) is 10.8. The van der Waals surface area contributed by atoms with Crippen LogP contribution in [0.15, 0.2) is 30.3 Å². The average molecular weight is 404 g/mol. The quantitative estimate of drug-likeness (QED) is 0.783. The van der Waals surface area contributed by atoms with E-state index in [1.54, 1.807) is 0 Å². The van der Waals surface area contributed by atoms with Gasteiger partial charge < -0.3 is 10.6 Å². The zero-order chi connectivity index (χ0) is 17.7. The number of likely N-dealkylation sites (tertiary alicyclic amines) is 1. The number of nitrogens with two attached hydrogens (primary N) is 1. The van der Waals surface area contributed by atoms with Crippen LogP contribution in [0.4, 0.5) is 0 Å². The summed E-state index contributed by atoms with van der Waals surface area (Å²) in [6, 6.07) is 11.4. The Balaban J connectivity index is 0.00000312. The molecule has 1 fully saturated rings. The Bertz CT molecular complexity index is 539. The van der Waals surface area contributed by atoms with Gasteiger partial charge in [0.1, 0.15) is 0 Å². The van der Waals surface area contributed by atoms with E-state index in [-0.39, 0.29) is 30.7 Å². The lowest BCUT2D eigenvalue weighted by atomic mass is 9.92. The third kappa shape index (κ3) is 6.41. The second-order valence-corrected chi connectivity index (χ2v) is 7.57. The summed E-state index contributed by atoms with van der Waals surface area (Å²) in [5, 5.41) is 0. The van der Waals surface area contributed by atoms with Crippen molar-refractivity contribution in [2.75, 3.05) is 13.6 Å². The number of hydrogen-bond acceptors (Lipinski definition) is 3. The Morgan fingerprint density at radius 3 is 2.46 bits per heavy atom. The van der Waals surface area contributed by atoms with Gasteiger partial charge in [-0.25, -0.2) is 0 Å². The SMILES string of the molecule is CCCC(C)(N)C(=O)N(C)C1CCN(Cc2ccccc2)C(C)C1.Cl.Cl. The molecule has 1 heterocycles. The fourth-order valence-corrected chi connectivity index (χ4v) is 3.80. The molecule has 0 radical (unpaired) electrons. The molecule has 4 nitrogen and oxygen atoms in total. The van der Waals surface area contributed by atoms with Crippen molar-refractivity contribution in [2.45, 2.75) is 70.6 Å². The molecule has 0 aromatic heterocycles. The summed E-state index contributed by atoms with van der Waals surface area (Å²) >= 11 is 0. The zero-order valence-electron chi connectivity index (χ0n) is 16.5. The number of hydrogen-bond donors (Lipinski definition) is 1. The number of halogens is 2. The largest absolute Gasteiger partial charge is 0.341 e. The lowest BCUT2D eigenvalue weighted by Gasteiger charge is -2.43. The van der Waals surface area contributed by atoms with Crippen LogP contribution in [-0.2, 0) is 11.3 Å². The van der Waals surface area contributed by atoms with Crippen LogP contribution in [0.3, 0.4) is 0 Å². The maximum absolute atomic E-state index is 12.7. The van der Waals surface area contributed by atoms with Crippen LogP contribution in [0.25, 0.3) is 0 Å². The van der Waals surface area contributed by atoms with Gasteiger partial charge in [-0.05, 0) is 38.7 Å². The van der Waals surface area contributed by atoms with Gasteiger partial charge in [0, 0.05) is 32.2 Å². The van der Waals surface area contributed by atoms with E-state index in [0.29, 0.717) is 12.1 Å². The number of piperidine rings is 1. The van der Waals surface area contributed by atoms with Gasteiger partial charge in [-0.3, -0.25) is 9.69 Å². The van der Waals surface area contributed by atoms with E-state index in [0.717, 1.165) is 38.8 Å². The molecule has 3 atom stereocenters. The van der Waals surface area contributed by atoms with Crippen LogP contribution in [0.1, 0.15) is 52.0 Å². The van der Waals surface area contributed by atoms with Crippen LogP contribution in [0.5, 0.6) is 0 Å². The summed E-state index contributed by atoms with van der Waals surface area (Å²) in [6.07, 6.45) is 3.69. The van der Waals surface area contributed by atoms with Crippen LogP contribution < -0.4 is 5.73 Å². The monoisotopic (exact) mass is 403 g/mol. The molecule has 26 heavy (non-hydrogen) atoms. The second-order valence-electron chi connectivity index (χ2n) is 7.57. The maximum atomic E-state index is 12.7. The van der Waals surface area contributed by atoms with E-state index in [4.69, 9.17) is 5.73 Å². The highest BCUT2D eigenvalue weighted by Crippen LogP contribution is 2.25. The number of amides is 1. The van der Waals surface area contributed by atoms with Gasteiger partial charge in [-0.2, -0.15) is 0 Å². The van der Waals surface area contributed by atoms with Gasteiger partial charge in [0.05, 0.1) is 5.54 Å². The molecule has 1 aliphatic rings. The predicted molar refractivity (Wildman–Crippen MR) is 114 cm³/mol. The summed E-state index contributed by atoms with van der Waals surface area (Å²) in [5.41, 5.74) is 6.85. The Hall–Kier alpha value is -0.810. The third-order valence-corrected chi connectivity index (χ3v) is 5.34. The van der Waals surface area contributed by atoms with Gasteiger partial charge in [-0.1, -0.05) is 43.7 Å². The molecule has 0 aliphatic carbocycles. The molecule has 1 aromatic rings. The number of carbonyl (C=O) groups excluding carboxylic acids is 1. The van der Waals surface area contributed by atoms with Gasteiger partial charge in [0.25, 0.3) is 0 Å². The van der Waals surface area contributed by atoms with E-state index < -0.39 is 5.54 Å². The molecule has 1 amide bonds. The number of carbonyl (C=O) groups is 1. The average Bonchev–Trinajstić information content (AvgIpc) is 2.56. The fourth-order valence-electron chi connectivity index (χ4n) is 3.80. The van der Waals surface area contributed by atoms with Crippen molar-refractivity contribution in [3.63, 3.8) is 0 Å². The van der Waals surface area contributed by atoms with Crippen molar-refractivity contribution < 1.29 is 4.79 Å². The van der Waals surface area contributed by atoms with Gasteiger partial charge in [0.15, 0.2) is 0 Å². The molecular weight excluding hydrogens is 369 g/mol. The van der Waals surface area contributed by atoms with Crippen molar-refractivity contribution in [1.82, 2.24) is 9.80 Å². The third-order valence-electron chi connectivity index (χ3n) is 5.34. The van der Waals surface area contributed by atoms with Crippen LogP contribution >= 0.6 is 24.8 Å². The lowest BCUT2D eigenvalue weighted by molar-refractivity contribution is -0.138. The summed E-state index contributed by atoms with van der Waals surface area (Å²) < 4.78 is 0. The molecule has 2 rings (SSSR count). The van der Waals surface area contributed by atoms with E-state index in [9.17, 15) is 4.79 Å². The molecule has 0 saturated carbocycles. The van der Waals surface area contributed by atoms with Gasteiger partial charge >= 0.3 is 0 Å². The first kappa shape index (κ1) is 25.2. The van der Waals surface area contributed by atoms with Crippen molar-refractivity contribution in [2.24, 2.45) is 5.73 Å². The number of benzene rings is 1.